The SMILES string of the molecule is O=C(Nc1cc(F)c(N2[C@@H]3CC[C@H]2CSC3)cc1O)OCc1ccccc1. The highest BCUT2D eigenvalue weighted by Gasteiger charge is 2.38. The number of ether oxygens (including phenoxy) is 1. The number of aromatic hydroxyl groups is 1. The van der Waals surface area contributed by atoms with Crippen LogP contribution in [0.2, 0.25) is 0 Å². The molecule has 2 N–H and O–H groups in total. The fraction of sp³-hybridized carbons (Fsp3) is 0.350. The lowest BCUT2D eigenvalue weighted by Crippen LogP contribution is -2.43. The summed E-state index contributed by atoms with van der Waals surface area (Å²) in [6.45, 7) is 0.100. The van der Waals surface area contributed by atoms with Crippen LogP contribution < -0.4 is 10.2 Å². The van der Waals surface area contributed by atoms with Crippen LogP contribution in [0, 0.1) is 5.82 Å². The van der Waals surface area contributed by atoms with Crippen molar-refractivity contribution in [1.82, 2.24) is 0 Å². The third-order valence-electron chi connectivity index (χ3n) is 5.03. The number of thioether (sulfide) groups is 1. The maximum Gasteiger partial charge on any atom is 0.412 e. The van der Waals surface area contributed by atoms with Gasteiger partial charge in [0, 0.05) is 35.7 Å². The maximum absolute atomic E-state index is 14.7. The first-order valence-electron chi connectivity index (χ1n) is 8.98. The smallest absolute Gasteiger partial charge is 0.412 e. The maximum atomic E-state index is 14.7. The van der Waals surface area contributed by atoms with Gasteiger partial charge in [-0.1, -0.05) is 30.3 Å². The lowest BCUT2D eigenvalue weighted by atomic mass is 10.2. The predicted molar refractivity (Wildman–Crippen MR) is 105 cm³/mol. The number of hydrogen-bond acceptors (Lipinski definition) is 5. The molecule has 0 radical (unpaired) electrons. The Hall–Kier alpha value is -2.41. The van der Waals surface area contributed by atoms with Gasteiger partial charge in [-0.05, 0) is 18.4 Å². The monoisotopic (exact) mass is 388 g/mol. The summed E-state index contributed by atoms with van der Waals surface area (Å²) in [6.07, 6.45) is 1.35. The van der Waals surface area contributed by atoms with Gasteiger partial charge in [-0.15, -0.1) is 0 Å². The second-order valence-electron chi connectivity index (χ2n) is 6.84. The van der Waals surface area contributed by atoms with Crippen LogP contribution in [0.4, 0.5) is 20.6 Å². The van der Waals surface area contributed by atoms with Crippen LogP contribution in [0.5, 0.6) is 5.75 Å². The van der Waals surface area contributed by atoms with Gasteiger partial charge in [0.05, 0.1) is 11.4 Å². The van der Waals surface area contributed by atoms with Crippen molar-refractivity contribution in [3.8, 4) is 5.75 Å². The van der Waals surface area contributed by atoms with E-state index in [4.69, 9.17) is 4.74 Å². The van der Waals surface area contributed by atoms with Crippen LogP contribution in [0.15, 0.2) is 42.5 Å². The molecule has 0 unspecified atom stereocenters. The number of nitrogens with one attached hydrogen (secondary N) is 1. The van der Waals surface area contributed by atoms with Gasteiger partial charge in [0.15, 0.2) is 0 Å². The molecule has 2 aliphatic heterocycles. The minimum Gasteiger partial charge on any atom is -0.506 e. The molecular formula is C20H21FN2O3S. The highest BCUT2D eigenvalue weighted by molar-refractivity contribution is 7.99. The fourth-order valence-electron chi connectivity index (χ4n) is 3.74. The quantitative estimate of drug-likeness (QED) is 0.762. The zero-order chi connectivity index (χ0) is 18.8. The zero-order valence-electron chi connectivity index (χ0n) is 14.7. The number of anilines is 2. The molecule has 2 heterocycles. The van der Waals surface area contributed by atoms with Crippen molar-refractivity contribution < 1.29 is 19.0 Å². The first-order chi connectivity index (χ1) is 13.1. The highest BCUT2D eigenvalue weighted by Crippen LogP contribution is 2.41. The molecule has 1 amide bonds. The van der Waals surface area contributed by atoms with Gasteiger partial charge in [-0.2, -0.15) is 11.8 Å². The summed E-state index contributed by atoms with van der Waals surface area (Å²) < 4.78 is 19.9. The van der Waals surface area contributed by atoms with Crippen LogP contribution >= 0.6 is 11.8 Å². The number of carbonyl (C=O) groups excluding carboxylic acids is 1. The molecule has 2 saturated heterocycles. The van der Waals surface area contributed by atoms with Gasteiger partial charge in [0.2, 0.25) is 0 Å². The van der Waals surface area contributed by atoms with Crippen LogP contribution in [0.25, 0.3) is 0 Å². The summed E-state index contributed by atoms with van der Waals surface area (Å²) >= 11 is 1.90. The Balaban J connectivity index is 1.45. The van der Waals surface area contributed by atoms with E-state index >= 15 is 0 Å². The van der Waals surface area contributed by atoms with Crippen molar-refractivity contribution in [3.63, 3.8) is 0 Å². The number of rotatable bonds is 4. The number of fused-ring (bicyclic) bond motifs is 2. The molecule has 0 aliphatic carbocycles. The van der Waals surface area contributed by atoms with E-state index in [0.717, 1.165) is 36.0 Å². The predicted octanol–water partition coefficient (Wildman–Crippen LogP) is 4.36. The summed E-state index contributed by atoms with van der Waals surface area (Å²) in [5.41, 5.74) is 1.26. The molecule has 2 aromatic carbocycles. The minimum atomic E-state index is -0.740. The van der Waals surface area contributed by atoms with Gasteiger partial charge in [-0.3, -0.25) is 5.32 Å². The van der Waals surface area contributed by atoms with Crippen molar-refractivity contribution in [2.24, 2.45) is 0 Å². The third kappa shape index (κ3) is 3.83. The van der Waals surface area contributed by atoms with E-state index in [9.17, 15) is 14.3 Å². The van der Waals surface area contributed by atoms with Gasteiger partial charge >= 0.3 is 6.09 Å². The normalized spacial score (nSPS) is 21.1. The van der Waals surface area contributed by atoms with E-state index in [0.29, 0.717) is 17.8 Å². The van der Waals surface area contributed by atoms with E-state index in [1.807, 2.05) is 42.1 Å². The second kappa shape index (κ2) is 7.68. The van der Waals surface area contributed by atoms with Crippen LogP contribution in [-0.4, -0.2) is 34.8 Å². The van der Waals surface area contributed by atoms with Crippen molar-refractivity contribution >= 4 is 29.2 Å². The summed E-state index contributed by atoms with van der Waals surface area (Å²) in [5.74, 6) is 1.33. The van der Waals surface area contributed by atoms with Crippen LogP contribution in [0.1, 0.15) is 18.4 Å². The molecule has 0 spiro atoms. The highest BCUT2D eigenvalue weighted by atomic mass is 32.2. The van der Waals surface area contributed by atoms with Crippen LogP contribution in [0.3, 0.4) is 0 Å². The summed E-state index contributed by atoms with van der Waals surface area (Å²) in [7, 11) is 0. The van der Waals surface area contributed by atoms with Crippen molar-refractivity contribution in [3.05, 3.63) is 53.8 Å². The Morgan fingerprint density at radius 2 is 1.93 bits per heavy atom. The molecule has 5 nitrogen and oxygen atoms in total. The van der Waals surface area contributed by atoms with E-state index in [2.05, 4.69) is 10.2 Å². The number of carbonyl (C=O) groups is 1. The molecule has 0 saturated carbocycles. The number of phenols is 1. The molecule has 4 rings (SSSR count). The average molecular weight is 388 g/mol. The first-order valence-corrected chi connectivity index (χ1v) is 10.1. The Labute approximate surface area is 161 Å². The third-order valence-corrected chi connectivity index (χ3v) is 6.27. The molecule has 27 heavy (non-hydrogen) atoms. The molecule has 2 aromatic rings. The number of amides is 1. The molecule has 0 aromatic heterocycles. The molecule has 2 bridgehead atoms. The van der Waals surface area contributed by atoms with Crippen molar-refractivity contribution in [2.75, 3.05) is 21.7 Å². The minimum absolute atomic E-state index is 0.00745. The topological polar surface area (TPSA) is 61.8 Å². The number of phenolic OH excluding ortho intramolecular Hbond substituents is 1. The summed E-state index contributed by atoms with van der Waals surface area (Å²) in [4.78, 5) is 14.1. The van der Waals surface area contributed by atoms with E-state index in [-0.39, 0.29) is 18.0 Å². The van der Waals surface area contributed by atoms with E-state index in [1.54, 1.807) is 0 Å². The number of nitrogens with zero attached hydrogens (tertiary/aromatic N) is 1. The number of benzene rings is 2. The first kappa shape index (κ1) is 18.0. The number of halogens is 1. The Morgan fingerprint density at radius 1 is 1.22 bits per heavy atom. The Bertz CT molecular complexity index is 817. The molecule has 7 heteroatoms. The van der Waals surface area contributed by atoms with E-state index < -0.39 is 11.9 Å². The summed E-state index contributed by atoms with van der Waals surface area (Å²) in [5, 5.41) is 12.7. The second-order valence-corrected chi connectivity index (χ2v) is 7.91. The lowest BCUT2D eigenvalue weighted by Gasteiger charge is -2.36. The largest absolute Gasteiger partial charge is 0.506 e. The zero-order valence-corrected chi connectivity index (χ0v) is 15.5. The number of hydrogen-bond donors (Lipinski definition) is 2. The molecule has 2 fully saturated rings. The molecular weight excluding hydrogens is 367 g/mol. The van der Waals surface area contributed by atoms with Gasteiger partial charge in [0.25, 0.3) is 0 Å². The van der Waals surface area contributed by atoms with Gasteiger partial charge in [0.1, 0.15) is 18.2 Å². The van der Waals surface area contributed by atoms with Gasteiger partial charge in [-0.25, -0.2) is 9.18 Å². The summed E-state index contributed by atoms with van der Waals surface area (Å²) in [6, 6.07) is 12.4. The lowest BCUT2D eigenvalue weighted by molar-refractivity contribution is 0.155. The fourth-order valence-corrected chi connectivity index (χ4v) is 5.07. The molecule has 2 aliphatic rings. The Kier molecular flexibility index (Phi) is 5.11. The molecule has 2 atom stereocenters. The standard InChI is InChI=1S/C20H21FN2O3S/c21-16-8-17(22-20(25)26-10-13-4-2-1-3-5-13)19(24)9-18(16)23-14-6-7-15(23)12-27-11-14/h1-5,8-9,14-15,24H,6-7,10-12H2,(H,22,25)/t14-,15+. The average Bonchev–Trinajstić information content (AvgIpc) is 2.91. The van der Waals surface area contributed by atoms with Gasteiger partial charge < -0.3 is 14.7 Å². The van der Waals surface area contributed by atoms with Crippen molar-refractivity contribution in [2.45, 2.75) is 31.5 Å². The van der Waals surface area contributed by atoms with E-state index in [1.165, 1.54) is 6.07 Å². The Morgan fingerprint density at radius 3 is 2.63 bits per heavy atom. The van der Waals surface area contributed by atoms with Crippen LogP contribution in [-0.2, 0) is 11.3 Å². The van der Waals surface area contributed by atoms with Crippen molar-refractivity contribution in [1.29, 1.82) is 0 Å². The molecule has 142 valence electrons.